The van der Waals surface area contributed by atoms with Gasteiger partial charge in [-0.15, -0.1) is 11.3 Å². The largest absolute Gasteiger partial charge is 0.370 e. The third-order valence-corrected chi connectivity index (χ3v) is 9.12. The van der Waals surface area contributed by atoms with Gasteiger partial charge in [0.2, 0.25) is 27.6 Å². The maximum Gasteiger partial charge on any atom is 0.241 e. The first kappa shape index (κ1) is 33.1. The Hall–Kier alpha value is -3.44. The van der Waals surface area contributed by atoms with E-state index in [1.807, 2.05) is 0 Å². The van der Waals surface area contributed by atoms with E-state index in [2.05, 4.69) is 20.2 Å². The molecule has 1 aliphatic rings. The molecule has 1 aromatic heterocycles. The van der Waals surface area contributed by atoms with Crippen LogP contribution in [0.1, 0.15) is 41.0 Å². The minimum atomic E-state index is -3.85. The van der Waals surface area contributed by atoms with Gasteiger partial charge in [0.1, 0.15) is 6.04 Å². The van der Waals surface area contributed by atoms with E-state index in [9.17, 15) is 22.8 Å². The second kappa shape index (κ2) is 16.3. The van der Waals surface area contributed by atoms with Gasteiger partial charge >= 0.3 is 0 Å². The molecule has 2 atom stereocenters. The van der Waals surface area contributed by atoms with E-state index < -0.39 is 33.9 Å². The van der Waals surface area contributed by atoms with E-state index in [-0.39, 0.29) is 68.1 Å². The number of hydrogen-bond acceptors (Lipinski definition) is 10. The summed E-state index contributed by atoms with van der Waals surface area (Å²) in [6.45, 7) is 0.122. The number of piperazine rings is 1. The molecule has 0 aliphatic carbocycles. The molecule has 0 spiro atoms. The highest BCUT2D eigenvalue weighted by molar-refractivity contribution is 7.88. The fourth-order valence-corrected chi connectivity index (χ4v) is 6.90. The van der Waals surface area contributed by atoms with Gasteiger partial charge in [0.15, 0.2) is 11.0 Å². The van der Waals surface area contributed by atoms with Crippen LogP contribution in [0.2, 0.25) is 0 Å². The monoisotopic (exact) mass is 623 g/mol. The van der Waals surface area contributed by atoms with Crippen molar-refractivity contribution in [1.82, 2.24) is 19.5 Å². The summed E-state index contributed by atoms with van der Waals surface area (Å²) in [6.07, 6.45) is 2.69. The van der Waals surface area contributed by atoms with Crippen molar-refractivity contribution in [2.75, 3.05) is 39.9 Å². The molecule has 2 heterocycles. The van der Waals surface area contributed by atoms with E-state index in [0.717, 1.165) is 11.3 Å². The Bertz CT molecular complexity index is 1300. The highest BCUT2D eigenvalue weighted by Crippen LogP contribution is 2.23. The average Bonchev–Trinajstić information content (AvgIpc) is 3.49. The molecule has 1 aliphatic heterocycles. The highest BCUT2D eigenvalue weighted by Gasteiger charge is 2.41. The second-order valence-electron chi connectivity index (χ2n) is 9.53. The molecule has 1 saturated heterocycles. The van der Waals surface area contributed by atoms with Crippen LogP contribution in [-0.4, -0.2) is 98.1 Å². The van der Waals surface area contributed by atoms with Gasteiger partial charge < -0.3 is 21.7 Å². The van der Waals surface area contributed by atoms with Crippen molar-refractivity contribution in [1.29, 1.82) is 0 Å². The van der Waals surface area contributed by atoms with Gasteiger partial charge in [-0.2, -0.15) is 4.31 Å². The van der Waals surface area contributed by atoms with Gasteiger partial charge in [0.25, 0.3) is 0 Å². The molecule has 16 heteroatoms. The Kier molecular flexibility index (Phi) is 12.8. The molecule has 0 radical (unpaired) electrons. The van der Waals surface area contributed by atoms with E-state index in [4.69, 9.17) is 16.4 Å². The number of sulfonamides is 1. The number of aliphatic imine (C=N–C) groups is 1. The molecular formula is C26H37N7O7S2. The van der Waals surface area contributed by atoms with Crippen LogP contribution >= 0.6 is 11.3 Å². The number of guanidine groups is 1. The molecular weight excluding hydrogens is 586 g/mol. The summed E-state index contributed by atoms with van der Waals surface area (Å²) >= 11 is 1.16. The first-order valence-electron chi connectivity index (χ1n) is 13.4. The number of thiazole rings is 1. The number of ketones is 1. The van der Waals surface area contributed by atoms with Crippen LogP contribution < -0.4 is 16.8 Å². The topological polar surface area (TPSA) is 200 Å². The normalized spacial score (nSPS) is 16.6. The van der Waals surface area contributed by atoms with Crippen LogP contribution in [0, 0.1) is 0 Å². The Balaban J connectivity index is 1.70. The predicted molar refractivity (Wildman–Crippen MR) is 157 cm³/mol. The highest BCUT2D eigenvalue weighted by atomic mass is 32.2. The smallest absolute Gasteiger partial charge is 0.241 e. The summed E-state index contributed by atoms with van der Waals surface area (Å²) in [5, 5.41) is 4.62. The zero-order valence-corrected chi connectivity index (χ0v) is 25.0. The van der Waals surface area contributed by atoms with Crippen molar-refractivity contribution >= 4 is 44.9 Å². The minimum Gasteiger partial charge on any atom is -0.370 e. The van der Waals surface area contributed by atoms with Crippen LogP contribution in [0.3, 0.4) is 0 Å². The molecule has 1 fully saturated rings. The fourth-order valence-electron chi connectivity index (χ4n) is 4.54. The number of benzene rings is 1. The van der Waals surface area contributed by atoms with Crippen molar-refractivity contribution in [2.45, 2.75) is 43.5 Å². The summed E-state index contributed by atoms with van der Waals surface area (Å²) in [5.41, 5.74) is 11.3. The Morgan fingerprint density at radius 2 is 1.98 bits per heavy atom. The first-order valence-corrected chi connectivity index (χ1v) is 15.9. The van der Waals surface area contributed by atoms with Gasteiger partial charge in [-0.1, -0.05) is 30.3 Å². The first-order chi connectivity index (χ1) is 20.1. The van der Waals surface area contributed by atoms with Gasteiger partial charge in [-0.25, -0.2) is 23.2 Å². The standard InChI is InChI=1S/C26H37N7O7S2/c1-39-40-15-6-10-21-25(36)32(13-14-33(21)42(37,38)18-19-7-3-2-4-8-19)17-22(34)31-20(9-5-11-30-26(27)28)23(35)24-29-12-16-41-24/h2-4,7-8,12,16,20-21H,5-6,9-11,13-15,17-18H2,1H3,(H,31,34)(H4,27,28,30)/t20-,21-/m0/s1. The van der Waals surface area contributed by atoms with Crippen molar-refractivity contribution < 1.29 is 32.6 Å². The molecule has 0 bridgehead atoms. The van der Waals surface area contributed by atoms with Gasteiger partial charge in [0, 0.05) is 31.2 Å². The van der Waals surface area contributed by atoms with E-state index >= 15 is 0 Å². The number of hydrogen-bond donors (Lipinski definition) is 3. The molecule has 14 nitrogen and oxygen atoms in total. The summed E-state index contributed by atoms with van der Waals surface area (Å²) in [5.74, 6) is -1.74. The molecule has 42 heavy (non-hydrogen) atoms. The van der Waals surface area contributed by atoms with E-state index in [1.165, 1.54) is 22.5 Å². The zero-order valence-electron chi connectivity index (χ0n) is 23.4. The van der Waals surface area contributed by atoms with Crippen LogP contribution in [-0.2, 0) is 35.1 Å². The summed E-state index contributed by atoms with van der Waals surface area (Å²) in [7, 11) is -2.50. The van der Waals surface area contributed by atoms with Crippen LogP contribution in [0.25, 0.3) is 0 Å². The number of amides is 2. The van der Waals surface area contributed by atoms with Gasteiger partial charge in [0.05, 0.1) is 32.1 Å². The van der Waals surface area contributed by atoms with Crippen molar-refractivity contribution in [3.63, 3.8) is 0 Å². The van der Waals surface area contributed by atoms with Crippen LogP contribution in [0.4, 0.5) is 0 Å². The van der Waals surface area contributed by atoms with Gasteiger partial charge in [-0.05, 0) is 31.2 Å². The quantitative estimate of drug-likeness (QED) is 0.0548. The fraction of sp³-hybridized carbons (Fsp3) is 0.500. The van der Waals surface area contributed by atoms with E-state index in [1.54, 1.807) is 35.7 Å². The number of Topliss-reactive ketones (excluding diaryl/α,β-unsaturated/α-hetero) is 1. The number of nitrogens with one attached hydrogen (secondary N) is 1. The number of carbonyl (C=O) groups excluding carboxylic acids is 3. The predicted octanol–water partition coefficient (Wildman–Crippen LogP) is 0.265. The molecule has 0 unspecified atom stereocenters. The Morgan fingerprint density at radius 3 is 2.64 bits per heavy atom. The molecule has 230 valence electrons. The summed E-state index contributed by atoms with van der Waals surface area (Å²) in [4.78, 5) is 58.5. The molecule has 5 N–H and O–H groups in total. The number of nitrogens with zero attached hydrogens (tertiary/aromatic N) is 4. The minimum absolute atomic E-state index is 0.0148. The lowest BCUT2D eigenvalue weighted by Gasteiger charge is -2.39. The lowest BCUT2D eigenvalue weighted by Crippen LogP contribution is -2.60. The van der Waals surface area contributed by atoms with Crippen LogP contribution in [0.5, 0.6) is 0 Å². The number of aromatic nitrogens is 1. The number of rotatable bonds is 17. The second-order valence-corrected chi connectivity index (χ2v) is 12.3. The van der Waals surface area contributed by atoms with Crippen molar-refractivity contribution in [3.05, 3.63) is 52.5 Å². The Labute approximate surface area is 249 Å². The van der Waals surface area contributed by atoms with Crippen LogP contribution in [0.15, 0.2) is 46.9 Å². The van der Waals surface area contributed by atoms with Gasteiger partial charge in [-0.3, -0.25) is 19.4 Å². The molecule has 2 amide bonds. The lowest BCUT2D eigenvalue weighted by atomic mass is 10.1. The maximum atomic E-state index is 13.6. The third-order valence-electron chi connectivity index (χ3n) is 6.48. The molecule has 1 aromatic carbocycles. The number of carbonyl (C=O) groups is 3. The maximum absolute atomic E-state index is 13.6. The summed E-state index contributed by atoms with van der Waals surface area (Å²) in [6, 6.07) is 6.79. The molecule has 3 rings (SSSR count). The molecule has 0 saturated carbocycles. The van der Waals surface area contributed by atoms with E-state index in [0.29, 0.717) is 18.4 Å². The molecule has 2 aromatic rings. The average molecular weight is 624 g/mol. The number of nitrogens with two attached hydrogens (primary N) is 2. The summed E-state index contributed by atoms with van der Waals surface area (Å²) < 4.78 is 28.0. The van der Waals surface area contributed by atoms with Crippen molar-refractivity contribution in [2.24, 2.45) is 16.5 Å². The SMILES string of the molecule is COOCCC[C@H]1C(=O)N(CC(=O)N[C@@H](CCCN=C(N)N)C(=O)c2nccs2)CCN1S(=O)(=O)Cc1ccccc1. The zero-order chi connectivity index (χ0) is 30.5. The lowest BCUT2D eigenvalue weighted by molar-refractivity contribution is -0.273. The Morgan fingerprint density at radius 1 is 1.21 bits per heavy atom. The van der Waals surface area contributed by atoms with Crippen molar-refractivity contribution in [3.8, 4) is 0 Å². The third kappa shape index (κ3) is 9.84.